The molecule has 1 aromatic rings. The Morgan fingerprint density at radius 3 is 2.48 bits per heavy atom. The smallest absolute Gasteiger partial charge is 0.269 e. The zero-order chi connectivity index (χ0) is 18.4. The molecule has 0 spiro atoms. The number of nitro benzene ring substituents is 1. The predicted molar refractivity (Wildman–Crippen MR) is 91.6 cm³/mol. The highest BCUT2D eigenvalue weighted by Crippen LogP contribution is 2.13. The van der Waals surface area contributed by atoms with Gasteiger partial charge in [-0.15, -0.1) is 0 Å². The summed E-state index contributed by atoms with van der Waals surface area (Å²) in [5.74, 6) is -0.576. The number of nitrogens with zero attached hydrogens (tertiary/aromatic N) is 1. The van der Waals surface area contributed by atoms with Gasteiger partial charge in [0, 0.05) is 31.0 Å². The number of hydrogen-bond donors (Lipinski definition) is 1. The van der Waals surface area contributed by atoms with E-state index in [1.165, 1.54) is 36.4 Å². The van der Waals surface area contributed by atoms with Crippen LogP contribution < -0.4 is 5.32 Å². The minimum Gasteiger partial charge on any atom is -0.352 e. The third-order valence-electron chi connectivity index (χ3n) is 3.76. The van der Waals surface area contributed by atoms with E-state index in [0.29, 0.717) is 12.0 Å². The molecule has 134 valence electrons. The largest absolute Gasteiger partial charge is 0.352 e. The lowest BCUT2D eigenvalue weighted by molar-refractivity contribution is -0.384. The normalized spacial score (nSPS) is 19.0. The number of carbonyl (C=O) groups excluding carboxylic acids is 2. The molecule has 0 aromatic heterocycles. The molecule has 1 amide bonds. The Hall–Kier alpha value is -2.55. The number of nitro groups is 1. The first-order chi connectivity index (χ1) is 11.7. The molecule has 1 aromatic carbocycles. The molecule has 2 rings (SSSR count). The fourth-order valence-corrected chi connectivity index (χ4v) is 4.10. The van der Waals surface area contributed by atoms with Crippen molar-refractivity contribution in [3.8, 4) is 0 Å². The van der Waals surface area contributed by atoms with Crippen LogP contribution in [0.25, 0.3) is 6.08 Å². The van der Waals surface area contributed by atoms with Crippen LogP contribution in [0, 0.1) is 10.1 Å². The number of carbonyl (C=O) groups is 2. The second-order valence-electron chi connectivity index (χ2n) is 5.82. The van der Waals surface area contributed by atoms with Gasteiger partial charge in [-0.3, -0.25) is 19.7 Å². The Morgan fingerprint density at radius 2 is 1.92 bits per heavy atom. The van der Waals surface area contributed by atoms with Crippen LogP contribution in [0.5, 0.6) is 0 Å². The molecule has 8 nitrogen and oxygen atoms in total. The summed E-state index contributed by atoms with van der Waals surface area (Å²) in [5, 5.41) is 13.2. The standard InChI is InChI=1S/C16H18N2O6S/c19-15(6-3-12-1-4-14(5-2-12)18(21)22)7-8-16(20)17-13-9-10-25(23,24)11-13/h1-6,13H,7-11H2,(H,17,20)/b6-3+. The second kappa shape index (κ2) is 8.02. The molecule has 1 heterocycles. The van der Waals surface area contributed by atoms with Gasteiger partial charge < -0.3 is 5.32 Å². The van der Waals surface area contributed by atoms with Gasteiger partial charge in [0.15, 0.2) is 15.6 Å². The zero-order valence-corrected chi connectivity index (χ0v) is 14.2. The van der Waals surface area contributed by atoms with E-state index in [-0.39, 0.29) is 47.8 Å². The molecule has 1 fully saturated rings. The number of amides is 1. The molecule has 1 saturated heterocycles. The average molecular weight is 366 g/mol. The van der Waals surface area contributed by atoms with Crippen LogP contribution in [0.4, 0.5) is 5.69 Å². The molecule has 1 N–H and O–H groups in total. The van der Waals surface area contributed by atoms with Gasteiger partial charge in [-0.25, -0.2) is 8.42 Å². The number of allylic oxidation sites excluding steroid dienone is 1. The first kappa shape index (κ1) is 18.8. The van der Waals surface area contributed by atoms with E-state index in [0.717, 1.165) is 0 Å². The summed E-state index contributed by atoms with van der Waals surface area (Å²) in [4.78, 5) is 33.6. The topological polar surface area (TPSA) is 123 Å². The maximum atomic E-state index is 11.8. The first-order valence-electron chi connectivity index (χ1n) is 7.70. The highest BCUT2D eigenvalue weighted by molar-refractivity contribution is 7.91. The molecule has 9 heteroatoms. The van der Waals surface area contributed by atoms with E-state index in [2.05, 4.69) is 5.32 Å². The van der Waals surface area contributed by atoms with Crippen LogP contribution in [-0.4, -0.2) is 42.6 Å². The number of nitrogens with one attached hydrogen (secondary N) is 1. The average Bonchev–Trinajstić information content (AvgIpc) is 2.90. The SMILES string of the molecule is O=C(/C=C/c1ccc([N+](=O)[O-])cc1)CCC(=O)NC1CCS(=O)(=O)C1. The van der Waals surface area contributed by atoms with E-state index in [4.69, 9.17) is 0 Å². The van der Waals surface area contributed by atoms with Gasteiger partial charge in [-0.2, -0.15) is 0 Å². The van der Waals surface area contributed by atoms with Gasteiger partial charge in [-0.1, -0.05) is 6.08 Å². The number of ketones is 1. The molecular weight excluding hydrogens is 348 g/mol. The summed E-state index contributed by atoms with van der Waals surface area (Å²) in [6.45, 7) is 0. The summed E-state index contributed by atoms with van der Waals surface area (Å²) in [5.41, 5.74) is 0.605. The van der Waals surface area contributed by atoms with E-state index in [9.17, 15) is 28.1 Å². The van der Waals surface area contributed by atoms with Gasteiger partial charge in [-0.05, 0) is 30.2 Å². The van der Waals surface area contributed by atoms with Crippen molar-refractivity contribution in [3.63, 3.8) is 0 Å². The highest BCUT2D eigenvalue weighted by atomic mass is 32.2. The lowest BCUT2D eigenvalue weighted by Gasteiger charge is -2.09. The van der Waals surface area contributed by atoms with E-state index in [1.54, 1.807) is 0 Å². The van der Waals surface area contributed by atoms with Crippen molar-refractivity contribution in [2.75, 3.05) is 11.5 Å². The number of non-ortho nitro benzene ring substituents is 1. The monoisotopic (exact) mass is 366 g/mol. The first-order valence-corrected chi connectivity index (χ1v) is 9.52. The lowest BCUT2D eigenvalue weighted by atomic mass is 10.1. The molecule has 0 saturated carbocycles. The Kier molecular flexibility index (Phi) is 6.02. The molecule has 1 aliphatic heterocycles. The summed E-state index contributed by atoms with van der Waals surface area (Å²) in [6.07, 6.45) is 3.23. The van der Waals surface area contributed by atoms with E-state index < -0.39 is 14.8 Å². The van der Waals surface area contributed by atoms with Crippen LogP contribution in [-0.2, 0) is 19.4 Å². The molecular formula is C16H18N2O6S. The number of hydrogen-bond acceptors (Lipinski definition) is 6. The summed E-state index contributed by atoms with van der Waals surface area (Å²) < 4.78 is 22.6. The summed E-state index contributed by atoms with van der Waals surface area (Å²) in [6, 6.07) is 5.35. The van der Waals surface area contributed by atoms with Gasteiger partial charge in [0.05, 0.1) is 16.4 Å². The van der Waals surface area contributed by atoms with Crippen LogP contribution in [0.1, 0.15) is 24.8 Å². The Morgan fingerprint density at radius 1 is 1.24 bits per heavy atom. The third-order valence-corrected chi connectivity index (χ3v) is 5.53. The molecule has 0 radical (unpaired) electrons. The van der Waals surface area contributed by atoms with Crippen molar-refractivity contribution in [1.29, 1.82) is 0 Å². The lowest BCUT2D eigenvalue weighted by Crippen LogP contribution is -2.35. The van der Waals surface area contributed by atoms with Crippen molar-refractivity contribution < 1.29 is 22.9 Å². The molecule has 1 unspecified atom stereocenters. The third kappa shape index (κ3) is 6.11. The van der Waals surface area contributed by atoms with E-state index >= 15 is 0 Å². The minimum absolute atomic E-state index is 0.00871. The van der Waals surface area contributed by atoms with Crippen LogP contribution in [0.3, 0.4) is 0 Å². The number of rotatable bonds is 7. The zero-order valence-electron chi connectivity index (χ0n) is 13.4. The Bertz CT molecular complexity index is 798. The Balaban J connectivity index is 1.76. The quantitative estimate of drug-likeness (QED) is 0.440. The van der Waals surface area contributed by atoms with Crippen molar-refractivity contribution in [1.82, 2.24) is 5.32 Å². The van der Waals surface area contributed by atoms with Crippen molar-refractivity contribution in [2.24, 2.45) is 0 Å². The van der Waals surface area contributed by atoms with Gasteiger partial charge >= 0.3 is 0 Å². The predicted octanol–water partition coefficient (Wildman–Crippen LogP) is 1.26. The van der Waals surface area contributed by atoms with E-state index in [1.807, 2.05) is 0 Å². The van der Waals surface area contributed by atoms with Crippen molar-refractivity contribution >= 4 is 33.3 Å². The minimum atomic E-state index is -3.06. The second-order valence-corrected chi connectivity index (χ2v) is 8.04. The number of sulfone groups is 1. The maximum absolute atomic E-state index is 11.8. The number of benzene rings is 1. The molecule has 0 bridgehead atoms. The molecule has 0 aliphatic carbocycles. The summed E-state index contributed by atoms with van der Waals surface area (Å²) >= 11 is 0. The fraction of sp³-hybridized carbons (Fsp3) is 0.375. The van der Waals surface area contributed by atoms with Crippen LogP contribution >= 0.6 is 0 Å². The van der Waals surface area contributed by atoms with Gasteiger partial charge in [0.2, 0.25) is 5.91 Å². The Labute approximate surface area is 145 Å². The fourth-order valence-electron chi connectivity index (χ4n) is 2.43. The van der Waals surface area contributed by atoms with Crippen LogP contribution in [0.15, 0.2) is 30.3 Å². The van der Waals surface area contributed by atoms with Gasteiger partial charge in [0.1, 0.15) is 0 Å². The van der Waals surface area contributed by atoms with Gasteiger partial charge in [0.25, 0.3) is 5.69 Å². The maximum Gasteiger partial charge on any atom is 0.269 e. The van der Waals surface area contributed by atoms with Crippen molar-refractivity contribution in [2.45, 2.75) is 25.3 Å². The molecule has 1 atom stereocenters. The highest BCUT2D eigenvalue weighted by Gasteiger charge is 2.28. The van der Waals surface area contributed by atoms with Crippen LogP contribution in [0.2, 0.25) is 0 Å². The molecule has 1 aliphatic rings. The van der Waals surface area contributed by atoms with Crippen molar-refractivity contribution in [3.05, 3.63) is 46.0 Å². The summed E-state index contributed by atoms with van der Waals surface area (Å²) in [7, 11) is -3.06. The molecule has 25 heavy (non-hydrogen) atoms.